The van der Waals surface area contributed by atoms with Crippen LogP contribution in [0.3, 0.4) is 0 Å². The molecule has 3 N–H and O–H groups in total. The fourth-order valence-electron chi connectivity index (χ4n) is 3.10. The zero-order valence-electron chi connectivity index (χ0n) is 15.3. The Bertz CT molecular complexity index is 1060. The minimum atomic E-state index is 0.493. The Hall–Kier alpha value is -3.85. The van der Waals surface area contributed by atoms with Crippen LogP contribution < -0.4 is 10.5 Å². The average Bonchev–Trinajstić information content (AvgIpc) is 2.73. The van der Waals surface area contributed by atoms with Crippen molar-refractivity contribution in [3.63, 3.8) is 0 Å². The third kappa shape index (κ3) is 3.94. The second-order valence-electron chi connectivity index (χ2n) is 6.51. The third-order valence-corrected chi connectivity index (χ3v) is 4.49. The Morgan fingerprint density at radius 3 is 1.79 bits per heavy atom. The van der Waals surface area contributed by atoms with Crippen LogP contribution in [0.1, 0.15) is 11.1 Å². The van der Waals surface area contributed by atoms with Crippen molar-refractivity contribution < 1.29 is 4.74 Å². The first-order valence-corrected chi connectivity index (χ1v) is 9.07. The fraction of sp³-hybridized carbons (Fsp3) is 0. The number of nitrogens with one attached hydrogen (secondary N) is 1. The highest BCUT2D eigenvalue weighted by Gasteiger charge is 2.11. The van der Waals surface area contributed by atoms with E-state index in [0.29, 0.717) is 5.71 Å². The summed E-state index contributed by atoms with van der Waals surface area (Å²) < 4.78 is 5.91. The van der Waals surface area contributed by atoms with Gasteiger partial charge in [0, 0.05) is 5.69 Å². The van der Waals surface area contributed by atoms with E-state index in [9.17, 15) is 0 Å². The highest BCUT2D eigenvalue weighted by atomic mass is 16.5. The number of allylic oxidation sites excluding steroid dienone is 5. The van der Waals surface area contributed by atoms with Crippen molar-refractivity contribution in [1.29, 1.82) is 5.41 Å². The van der Waals surface area contributed by atoms with Crippen molar-refractivity contribution in [2.75, 3.05) is 5.73 Å². The van der Waals surface area contributed by atoms with E-state index < -0.39 is 0 Å². The SMILES string of the molecule is N=C1C=CC(=C(c2ccc(N)cc2)c2ccc(Oc3ccccc3)cc2)C=C1. The van der Waals surface area contributed by atoms with E-state index in [0.717, 1.165) is 39.5 Å². The van der Waals surface area contributed by atoms with E-state index in [4.69, 9.17) is 15.9 Å². The molecule has 0 aromatic heterocycles. The highest BCUT2D eigenvalue weighted by Crippen LogP contribution is 2.32. The molecule has 0 saturated heterocycles. The highest BCUT2D eigenvalue weighted by molar-refractivity contribution is 6.05. The predicted octanol–water partition coefficient (Wildman–Crippen LogP) is 6.01. The molecule has 0 unspecified atom stereocenters. The molecule has 0 fully saturated rings. The summed E-state index contributed by atoms with van der Waals surface area (Å²) in [7, 11) is 0. The lowest BCUT2D eigenvalue weighted by Crippen LogP contribution is -1.97. The van der Waals surface area contributed by atoms with Crippen LogP contribution in [-0.2, 0) is 0 Å². The van der Waals surface area contributed by atoms with Gasteiger partial charge < -0.3 is 15.9 Å². The molecule has 0 radical (unpaired) electrons. The van der Waals surface area contributed by atoms with Crippen LogP contribution >= 0.6 is 0 Å². The van der Waals surface area contributed by atoms with Gasteiger partial charge in [0.05, 0.1) is 5.71 Å². The summed E-state index contributed by atoms with van der Waals surface area (Å²) in [6.45, 7) is 0. The lowest BCUT2D eigenvalue weighted by Gasteiger charge is -2.15. The number of hydrogen-bond acceptors (Lipinski definition) is 3. The molecule has 1 aliphatic carbocycles. The van der Waals surface area contributed by atoms with Gasteiger partial charge in [-0.1, -0.05) is 54.6 Å². The average molecular weight is 364 g/mol. The predicted molar refractivity (Wildman–Crippen MR) is 116 cm³/mol. The van der Waals surface area contributed by atoms with Crippen LogP contribution in [0.2, 0.25) is 0 Å². The molecule has 3 heteroatoms. The molecule has 3 aromatic carbocycles. The second kappa shape index (κ2) is 7.80. The van der Waals surface area contributed by atoms with Crippen LogP contribution in [0, 0.1) is 5.41 Å². The van der Waals surface area contributed by atoms with Crippen LogP contribution in [0.15, 0.2) is 109 Å². The Balaban J connectivity index is 1.72. The maximum Gasteiger partial charge on any atom is 0.127 e. The first-order chi connectivity index (χ1) is 13.7. The van der Waals surface area contributed by atoms with E-state index in [1.807, 2.05) is 78.9 Å². The number of hydrogen-bond donors (Lipinski definition) is 2. The van der Waals surface area contributed by atoms with Gasteiger partial charge in [0.2, 0.25) is 0 Å². The summed E-state index contributed by atoms with van der Waals surface area (Å²) in [6, 6.07) is 25.6. The van der Waals surface area contributed by atoms with Gasteiger partial charge >= 0.3 is 0 Å². The van der Waals surface area contributed by atoms with Crippen LogP contribution in [0.25, 0.3) is 5.57 Å². The first-order valence-electron chi connectivity index (χ1n) is 9.07. The Morgan fingerprint density at radius 2 is 1.18 bits per heavy atom. The van der Waals surface area contributed by atoms with Gasteiger partial charge in [-0.25, -0.2) is 0 Å². The summed E-state index contributed by atoms with van der Waals surface area (Å²) in [4.78, 5) is 0. The lowest BCUT2D eigenvalue weighted by molar-refractivity contribution is 0.482. The molecule has 0 spiro atoms. The number of nitrogen functional groups attached to an aromatic ring is 1. The molecular formula is C25H20N2O. The van der Waals surface area contributed by atoms with Crippen molar-refractivity contribution in [3.8, 4) is 11.5 Å². The molecule has 136 valence electrons. The Labute approximate surface area is 164 Å². The Kier molecular flexibility index (Phi) is 4.89. The summed E-state index contributed by atoms with van der Waals surface area (Å²) >= 11 is 0. The van der Waals surface area contributed by atoms with Gasteiger partial charge in [-0.15, -0.1) is 0 Å². The molecule has 0 bridgehead atoms. The maximum atomic E-state index is 7.76. The normalized spacial score (nSPS) is 12.9. The van der Waals surface area contributed by atoms with Gasteiger partial charge in [-0.05, 0) is 70.8 Å². The zero-order valence-corrected chi connectivity index (χ0v) is 15.3. The molecule has 3 aromatic rings. The van der Waals surface area contributed by atoms with Crippen molar-refractivity contribution in [3.05, 3.63) is 120 Å². The molecular weight excluding hydrogens is 344 g/mol. The molecule has 0 atom stereocenters. The van der Waals surface area contributed by atoms with Crippen LogP contribution in [0.4, 0.5) is 5.69 Å². The smallest absolute Gasteiger partial charge is 0.127 e. The molecule has 3 nitrogen and oxygen atoms in total. The van der Waals surface area contributed by atoms with Gasteiger partial charge in [0.1, 0.15) is 11.5 Å². The van der Waals surface area contributed by atoms with Crippen LogP contribution in [-0.4, -0.2) is 5.71 Å². The van der Waals surface area contributed by atoms with E-state index in [1.165, 1.54) is 0 Å². The van der Waals surface area contributed by atoms with Crippen molar-refractivity contribution >= 4 is 17.0 Å². The Morgan fingerprint density at radius 1 is 0.643 bits per heavy atom. The third-order valence-electron chi connectivity index (χ3n) is 4.49. The van der Waals surface area contributed by atoms with E-state index in [1.54, 1.807) is 12.2 Å². The molecule has 0 aliphatic heterocycles. The largest absolute Gasteiger partial charge is 0.457 e. The summed E-state index contributed by atoms with van der Waals surface area (Å²) in [6.07, 6.45) is 7.56. The number of benzene rings is 3. The minimum absolute atomic E-state index is 0.493. The molecule has 28 heavy (non-hydrogen) atoms. The van der Waals surface area contributed by atoms with E-state index >= 15 is 0 Å². The minimum Gasteiger partial charge on any atom is -0.457 e. The summed E-state index contributed by atoms with van der Waals surface area (Å²) in [5, 5.41) is 7.76. The maximum absolute atomic E-state index is 7.76. The molecule has 0 amide bonds. The summed E-state index contributed by atoms with van der Waals surface area (Å²) in [5.74, 6) is 1.59. The second-order valence-corrected chi connectivity index (χ2v) is 6.51. The van der Waals surface area contributed by atoms with E-state index in [2.05, 4.69) is 12.1 Å². The van der Waals surface area contributed by atoms with Gasteiger partial charge in [0.25, 0.3) is 0 Å². The monoisotopic (exact) mass is 364 g/mol. The molecule has 1 aliphatic rings. The topological polar surface area (TPSA) is 59.1 Å². The quantitative estimate of drug-likeness (QED) is 0.557. The van der Waals surface area contributed by atoms with Gasteiger partial charge in [-0.3, -0.25) is 0 Å². The van der Waals surface area contributed by atoms with Crippen molar-refractivity contribution in [1.82, 2.24) is 0 Å². The van der Waals surface area contributed by atoms with E-state index in [-0.39, 0.29) is 0 Å². The number of ether oxygens (including phenoxy) is 1. The first kappa shape index (κ1) is 17.6. The number of nitrogens with two attached hydrogens (primary N) is 1. The number of rotatable bonds is 4. The molecule has 0 saturated carbocycles. The fourth-order valence-corrected chi connectivity index (χ4v) is 3.10. The zero-order chi connectivity index (χ0) is 19.3. The van der Waals surface area contributed by atoms with Crippen molar-refractivity contribution in [2.24, 2.45) is 0 Å². The lowest BCUT2D eigenvalue weighted by atomic mass is 9.91. The number of anilines is 1. The molecule has 4 rings (SSSR count). The van der Waals surface area contributed by atoms with Crippen molar-refractivity contribution in [2.45, 2.75) is 0 Å². The van der Waals surface area contributed by atoms with Gasteiger partial charge in [0.15, 0.2) is 0 Å². The van der Waals surface area contributed by atoms with Gasteiger partial charge in [-0.2, -0.15) is 0 Å². The van der Waals surface area contributed by atoms with Crippen LogP contribution in [0.5, 0.6) is 11.5 Å². The standard InChI is InChI=1S/C25H20N2O/c26-21-12-6-18(7-13-21)25(19-8-14-22(27)15-9-19)20-10-16-24(17-11-20)28-23-4-2-1-3-5-23/h1-17,26H,27H2. The number of para-hydroxylation sites is 1. The molecule has 0 heterocycles. The summed E-state index contributed by atoms with van der Waals surface area (Å²) in [5.41, 5.74) is 11.4.